The third-order valence-corrected chi connectivity index (χ3v) is 3.54. The highest BCUT2D eigenvalue weighted by molar-refractivity contribution is 5.84. The fourth-order valence-electron chi connectivity index (χ4n) is 2.11. The molecule has 6 nitrogen and oxygen atoms in total. The Morgan fingerprint density at radius 2 is 1.88 bits per heavy atom. The second-order valence-corrected chi connectivity index (χ2v) is 6.37. The van der Waals surface area contributed by atoms with Crippen LogP contribution >= 0.6 is 0 Å². The molecule has 0 saturated heterocycles. The summed E-state index contributed by atoms with van der Waals surface area (Å²) in [5.74, 6) is 0.641. The van der Waals surface area contributed by atoms with Crippen molar-refractivity contribution in [2.45, 2.75) is 58.6 Å². The van der Waals surface area contributed by atoms with Gasteiger partial charge in [-0.25, -0.2) is 4.79 Å². The minimum atomic E-state index is -0.567. The average Bonchev–Trinajstić information content (AvgIpc) is 2.59. The molecule has 0 aliphatic rings. The highest BCUT2D eigenvalue weighted by atomic mass is 16.5. The lowest BCUT2D eigenvalue weighted by atomic mass is 10.2. The molecule has 1 aromatic carbocycles. The molecular weight excluding hydrogens is 320 g/mol. The first-order valence-electron chi connectivity index (χ1n) is 9.09. The van der Waals surface area contributed by atoms with Gasteiger partial charge in [-0.1, -0.05) is 40.0 Å². The maximum Gasteiger partial charge on any atom is 0.411 e. The number of aliphatic hydroxyl groups is 1. The zero-order valence-electron chi connectivity index (χ0n) is 15.6. The molecule has 0 radical (unpaired) electrons. The Kier molecular flexibility index (Phi) is 10.7. The number of aliphatic hydroxyl groups excluding tert-OH is 1. The number of carbonyl (C=O) groups excluding carboxylic acids is 1. The number of nitrogens with one attached hydrogen (secondary N) is 2. The molecule has 0 aliphatic carbocycles. The fraction of sp³-hybridized carbons (Fsp3) is 0.632. The smallest absolute Gasteiger partial charge is 0.411 e. The summed E-state index contributed by atoms with van der Waals surface area (Å²) in [5, 5.41) is 15.6. The van der Waals surface area contributed by atoms with Crippen molar-refractivity contribution in [1.29, 1.82) is 0 Å². The number of rotatable bonds is 12. The molecule has 0 aliphatic heterocycles. The molecule has 6 heteroatoms. The van der Waals surface area contributed by atoms with Gasteiger partial charge in [-0.3, -0.25) is 5.32 Å². The number of carbonyl (C=O) groups is 1. The summed E-state index contributed by atoms with van der Waals surface area (Å²) in [4.78, 5) is 11.7. The molecule has 0 fully saturated rings. The van der Waals surface area contributed by atoms with Crippen LogP contribution in [0.3, 0.4) is 0 Å². The number of amides is 1. The van der Waals surface area contributed by atoms with Gasteiger partial charge in [0.1, 0.15) is 18.5 Å². The van der Waals surface area contributed by atoms with Gasteiger partial charge < -0.3 is 19.9 Å². The van der Waals surface area contributed by atoms with Crippen molar-refractivity contribution in [3.05, 3.63) is 24.3 Å². The number of unbranched alkanes of at least 4 members (excludes halogenated alkanes) is 3. The lowest BCUT2D eigenvalue weighted by Crippen LogP contribution is -2.35. The van der Waals surface area contributed by atoms with E-state index in [4.69, 9.17) is 9.47 Å². The van der Waals surface area contributed by atoms with Crippen LogP contribution in [-0.4, -0.2) is 43.1 Å². The van der Waals surface area contributed by atoms with Gasteiger partial charge in [0.05, 0.1) is 6.61 Å². The minimum absolute atomic E-state index is 0.215. The average molecular weight is 352 g/mol. The van der Waals surface area contributed by atoms with Gasteiger partial charge in [0.15, 0.2) is 0 Å². The quantitative estimate of drug-likeness (QED) is 0.501. The number of hydrogen-bond donors (Lipinski definition) is 3. The summed E-state index contributed by atoms with van der Waals surface area (Å²) in [6.45, 7) is 7.33. The summed E-state index contributed by atoms with van der Waals surface area (Å²) in [6, 6.07) is 7.31. The molecule has 0 heterocycles. The SMILES string of the molecule is CCCCCCOC(=O)Nc1ccc(OCC(O)CNC(C)C)cc1. The Labute approximate surface area is 150 Å². The van der Waals surface area contributed by atoms with Gasteiger partial charge in [0.2, 0.25) is 0 Å². The topological polar surface area (TPSA) is 79.8 Å². The molecule has 3 N–H and O–H groups in total. The van der Waals surface area contributed by atoms with E-state index in [1.54, 1.807) is 24.3 Å². The lowest BCUT2D eigenvalue weighted by Gasteiger charge is -2.15. The van der Waals surface area contributed by atoms with Crippen LogP contribution in [0.4, 0.5) is 10.5 Å². The molecule has 0 aromatic heterocycles. The van der Waals surface area contributed by atoms with E-state index in [9.17, 15) is 9.90 Å². The van der Waals surface area contributed by atoms with Crippen LogP contribution in [0.15, 0.2) is 24.3 Å². The Balaban J connectivity index is 2.25. The zero-order valence-corrected chi connectivity index (χ0v) is 15.6. The van der Waals surface area contributed by atoms with Crippen molar-refractivity contribution in [1.82, 2.24) is 5.32 Å². The van der Waals surface area contributed by atoms with E-state index in [0.717, 1.165) is 25.7 Å². The standard InChI is InChI=1S/C19H32N2O4/c1-4-5-6-7-12-24-19(23)21-16-8-10-18(11-9-16)25-14-17(22)13-20-15(2)3/h8-11,15,17,20,22H,4-7,12-14H2,1-3H3,(H,21,23). The van der Waals surface area contributed by atoms with Crippen LogP contribution in [0.5, 0.6) is 5.75 Å². The highest BCUT2D eigenvalue weighted by Gasteiger charge is 2.07. The van der Waals surface area contributed by atoms with Crippen LogP contribution in [-0.2, 0) is 4.74 Å². The number of ether oxygens (including phenoxy) is 2. The Morgan fingerprint density at radius 1 is 1.16 bits per heavy atom. The summed E-state index contributed by atoms with van der Waals surface area (Å²) < 4.78 is 10.7. The molecule has 1 atom stereocenters. The van der Waals surface area contributed by atoms with Gasteiger partial charge in [-0.05, 0) is 30.7 Å². The van der Waals surface area contributed by atoms with Crippen molar-refractivity contribution in [2.75, 3.05) is 25.1 Å². The molecule has 25 heavy (non-hydrogen) atoms. The lowest BCUT2D eigenvalue weighted by molar-refractivity contribution is 0.104. The largest absolute Gasteiger partial charge is 0.491 e. The third-order valence-electron chi connectivity index (χ3n) is 3.54. The first-order valence-corrected chi connectivity index (χ1v) is 9.09. The van der Waals surface area contributed by atoms with E-state index >= 15 is 0 Å². The van der Waals surface area contributed by atoms with Crippen LogP contribution in [0.25, 0.3) is 0 Å². The number of anilines is 1. The van der Waals surface area contributed by atoms with E-state index < -0.39 is 12.2 Å². The van der Waals surface area contributed by atoms with Gasteiger partial charge in [-0.2, -0.15) is 0 Å². The van der Waals surface area contributed by atoms with Crippen LogP contribution in [0.1, 0.15) is 46.5 Å². The Morgan fingerprint density at radius 3 is 2.52 bits per heavy atom. The predicted molar refractivity (Wildman–Crippen MR) is 100 cm³/mol. The van der Waals surface area contributed by atoms with E-state index in [2.05, 4.69) is 17.6 Å². The predicted octanol–water partition coefficient (Wildman–Crippen LogP) is 3.55. The van der Waals surface area contributed by atoms with E-state index in [1.807, 2.05) is 13.8 Å². The molecule has 1 aromatic rings. The molecule has 142 valence electrons. The van der Waals surface area contributed by atoms with Crippen LogP contribution in [0, 0.1) is 0 Å². The Bertz CT molecular complexity index is 477. The zero-order chi connectivity index (χ0) is 18.5. The summed E-state index contributed by atoms with van der Waals surface area (Å²) in [6.07, 6.45) is 3.28. The van der Waals surface area contributed by atoms with Crippen molar-refractivity contribution >= 4 is 11.8 Å². The molecule has 0 bridgehead atoms. The van der Waals surface area contributed by atoms with Gasteiger partial charge >= 0.3 is 6.09 Å². The van der Waals surface area contributed by atoms with Crippen molar-refractivity contribution in [3.8, 4) is 5.75 Å². The van der Waals surface area contributed by atoms with Crippen molar-refractivity contribution in [3.63, 3.8) is 0 Å². The first-order chi connectivity index (χ1) is 12.0. The third kappa shape index (κ3) is 10.6. The molecule has 1 unspecified atom stereocenters. The van der Waals surface area contributed by atoms with Crippen LogP contribution in [0.2, 0.25) is 0 Å². The Hall–Kier alpha value is -1.79. The first kappa shape index (κ1) is 21.3. The maximum atomic E-state index is 11.7. The van der Waals surface area contributed by atoms with Gasteiger partial charge in [-0.15, -0.1) is 0 Å². The fourth-order valence-corrected chi connectivity index (χ4v) is 2.11. The van der Waals surface area contributed by atoms with Crippen molar-refractivity contribution in [2.24, 2.45) is 0 Å². The summed E-state index contributed by atoms with van der Waals surface area (Å²) >= 11 is 0. The normalized spacial score (nSPS) is 12.0. The summed E-state index contributed by atoms with van der Waals surface area (Å²) in [5.41, 5.74) is 0.646. The van der Waals surface area contributed by atoms with E-state index in [-0.39, 0.29) is 6.61 Å². The number of benzene rings is 1. The molecular formula is C19H32N2O4. The molecule has 1 rings (SSSR count). The van der Waals surface area contributed by atoms with E-state index in [1.165, 1.54) is 0 Å². The molecule has 1 amide bonds. The monoisotopic (exact) mass is 352 g/mol. The highest BCUT2D eigenvalue weighted by Crippen LogP contribution is 2.16. The van der Waals surface area contributed by atoms with Crippen LogP contribution < -0.4 is 15.4 Å². The van der Waals surface area contributed by atoms with Gasteiger partial charge in [0, 0.05) is 18.3 Å². The molecule has 0 saturated carbocycles. The van der Waals surface area contributed by atoms with Gasteiger partial charge in [0.25, 0.3) is 0 Å². The molecule has 0 spiro atoms. The van der Waals surface area contributed by atoms with E-state index in [0.29, 0.717) is 30.6 Å². The maximum absolute atomic E-state index is 11.7. The summed E-state index contributed by atoms with van der Waals surface area (Å²) in [7, 11) is 0. The van der Waals surface area contributed by atoms with Crippen molar-refractivity contribution < 1.29 is 19.4 Å². The number of hydrogen-bond acceptors (Lipinski definition) is 5. The minimum Gasteiger partial charge on any atom is -0.491 e. The second-order valence-electron chi connectivity index (χ2n) is 6.37. The second kappa shape index (κ2) is 12.6.